The topological polar surface area (TPSA) is 58.2 Å². The second kappa shape index (κ2) is 4.75. The molecule has 1 amide bonds. The first-order chi connectivity index (χ1) is 6.99. The van der Waals surface area contributed by atoms with Crippen molar-refractivity contribution in [2.45, 2.75) is 51.6 Å². The molecule has 15 heavy (non-hydrogen) atoms. The summed E-state index contributed by atoms with van der Waals surface area (Å²) < 4.78 is 0. The van der Waals surface area contributed by atoms with Crippen LogP contribution in [0.25, 0.3) is 0 Å². The highest BCUT2D eigenvalue weighted by Crippen LogP contribution is 2.12. The van der Waals surface area contributed by atoms with E-state index in [1.54, 1.807) is 6.92 Å². The van der Waals surface area contributed by atoms with Gasteiger partial charge in [-0.1, -0.05) is 19.8 Å². The summed E-state index contributed by atoms with van der Waals surface area (Å²) in [7, 11) is 0. The van der Waals surface area contributed by atoms with Crippen molar-refractivity contribution in [3.05, 3.63) is 0 Å². The zero-order valence-electron chi connectivity index (χ0n) is 9.72. The number of carbonyl (C=O) groups excluding carboxylic acids is 2. The molecule has 86 valence electrons. The van der Waals surface area contributed by atoms with Crippen LogP contribution in [0.5, 0.6) is 0 Å². The van der Waals surface area contributed by atoms with Gasteiger partial charge in [-0.25, -0.2) is 0 Å². The molecule has 0 saturated carbocycles. The van der Waals surface area contributed by atoms with E-state index in [1.165, 1.54) is 6.92 Å². The van der Waals surface area contributed by atoms with Crippen LogP contribution in [0, 0.1) is 0 Å². The molecule has 0 aliphatic carbocycles. The third kappa shape index (κ3) is 2.78. The van der Waals surface area contributed by atoms with E-state index in [2.05, 4.69) is 17.6 Å². The predicted molar refractivity (Wildman–Crippen MR) is 58.5 cm³/mol. The Kier molecular flexibility index (Phi) is 3.85. The van der Waals surface area contributed by atoms with Gasteiger partial charge in [0.1, 0.15) is 5.54 Å². The van der Waals surface area contributed by atoms with Crippen molar-refractivity contribution in [1.29, 1.82) is 0 Å². The van der Waals surface area contributed by atoms with Gasteiger partial charge in [0, 0.05) is 6.54 Å². The van der Waals surface area contributed by atoms with Crippen LogP contribution in [0.15, 0.2) is 0 Å². The first-order valence-corrected chi connectivity index (χ1v) is 5.56. The molecule has 0 aromatic heterocycles. The third-order valence-corrected chi connectivity index (χ3v) is 3.04. The van der Waals surface area contributed by atoms with Crippen molar-refractivity contribution in [1.82, 2.24) is 10.6 Å². The fourth-order valence-corrected chi connectivity index (χ4v) is 1.68. The molecule has 0 bridgehead atoms. The fraction of sp³-hybridized carbons (Fsp3) is 0.818. The standard InChI is InChI=1S/C11H20N2O2/c1-4-5-6-9-10(15)13-11(3,7-12-9)8(2)14/h9,12H,4-7H2,1-3H3,(H,13,15)/t9-,11+/m0/s1. The zero-order chi connectivity index (χ0) is 11.5. The Morgan fingerprint density at radius 2 is 2.27 bits per heavy atom. The molecule has 0 aromatic rings. The Bertz CT molecular complexity index is 265. The third-order valence-electron chi connectivity index (χ3n) is 3.04. The van der Waals surface area contributed by atoms with Crippen molar-refractivity contribution < 1.29 is 9.59 Å². The maximum absolute atomic E-state index is 11.7. The normalized spacial score (nSPS) is 31.1. The van der Waals surface area contributed by atoms with Gasteiger partial charge in [0.2, 0.25) is 5.91 Å². The van der Waals surface area contributed by atoms with E-state index in [4.69, 9.17) is 0 Å². The largest absolute Gasteiger partial charge is 0.341 e. The Morgan fingerprint density at radius 1 is 1.60 bits per heavy atom. The minimum Gasteiger partial charge on any atom is -0.341 e. The lowest BCUT2D eigenvalue weighted by atomic mass is 9.92. The summed E-state index contributed by atoms with van der Waals surface area (Å²) in [6.45, 7) is 5.90. The van der Waals surface area contributed by atoms with Crippen molar-refractivity contribution in [3.8, 4) is 0 Å². The lowest BCUT2D eigenvalue weighted by Crippen LogP contribution is -2.67. The summed E-state index contributed by atoms with van der Waals surface area (Å²) >= 11 is 0. The average Bonchev–Trinajstić information content (AvgIpc) is 2.16. The quantitative estimate of drug-likeness (QED) is 0.718. The zero-order valence-corrected chi connectivity index (χ0v) is 9.72. The monoisotopic (exact) mass is 212 g/mol. The molecule has 1 rings (SSSR count). The highest BCUT2D eigenvalue weighted by Gasteiger charge is 2.38. The Balaban J connectivity index is 2.55. The molecule has 0 unspecified atom stereocenters. The summed E-state index contributed by atoms with van der Waals surface area (Å²) in [6.07, 6.45) is 2.95. The molecule has 2 N–H and O–H groups in total. The van der Waals surface area contributed by atoms with Crippen LogP contribution in [0.4, 0.5) is 0 Å². The molecule has 1 saturated heterocycles. The number of carbonyl (C=O) groups is 2. The van der Waals surface area contributed by atoms with Gasteiger partial charge in [-0.2, -0.15) is 0 Å². The lowest BCUT2D eigenvalue weighted by molar-refractivity contribution is -0.134. The Hall–Kier alpha value is -0.900. The highest BCUT2D eigenvalue weighted by molar-refractivity contribution is 5.94. The molecule has 1 aliphatic rings. The maximum atomic E-state index is 11.7. The summed E-state index contributed by atoms with van der Waals surface area (Å²) in [5.41, 5.74) is -0.722. The molecular weight excluding hydrogens is 192 g/mol. The average molecular weight is 212 g/mol. The first-order valence-electron chi connectivity index (χ1n) is 5.56. The number of piperazine rings is 1. The van der Waals surface area contributed by atoms with Gasteiger partial charge in [-0.05, 0) is 20.3 Å². The van der Waals surface area contributed by atoms with Crippen LogP contribution < -0.4 is 10.6 Å². The van der Waals surface area contributed by atoms with E-state index in [1.807, 2.05) is 0 Å². The van der Waals surface area contributed by atoms with Gasteiger partial charge < -0.3 is 10.6 Å². The summed E-state index contributed by atoms with van der Waals surface area (Å²) in [5.74, 6) is -0.0512. The molecule has 1 heterocycles. The molecule has 2 atom stereocenters. The summed E-state index contributed by atoms with van der Waals surface area (Å²) in [6, 6.07) is -0.127. The van der Waals surface area contributed by atoms with Crippen molar-refractivity contribution >= 4 is 11.7 Å². The van der Waals surface area contributed by atoms with E-state index < -0.39 is 5.54 Å². The minimum absolute atomic E-state index is 0.00251. The number of nitrogens with one attached hydrogen (secondary N) is 2. The number of rotatable bonds is 4. The van der Waals surface area contributed by atoms with Crippen LogP contribution in [0.2, 0.25) is 0 Å². The van der Waals surface area contributed by atoms with Crippen molar-refractivity contribution in [2.24, 2.45) is 0 Å². The van der Waals surface area contributed by atoms with Crippen LogP contribution in [0.3, 0.4) is 0 Å². The second-order valence-electron chi connectivity index (χ2n) is 4.45. The fourth-order valence-electron chi connectivity index (χ4n) is 1.68. The highest BCUT2D eigenvalue weighted by atomic mass is 16.2. The molecule has 4 heteroatoms. The molecule has 0 aromatic carbocycles. The van der Waals surface area contributed by atoms with E-state index in [0.717, 1.165) is 19.3 Å². The smallest absolute Gasteiger partial charge is 0.237 e. The Labute approximate surface area is 90.8 Å². The van der Waals surface area contributed by atoms with E-state index in [0.29, 0.717) is 6.54 Å². The van der Waals surface area contributed by atoms with Crippen LogP contribution >= 0.6 is 0 Å². The van der Waals surface area contributed by atoms with Crippen LogP contribution in [-0.4, -0.2) is 29.8 Å². The number of unbranched alkanes of at least 4 members (excludes halogenated alkanes) is 1. The lowest BCUT2D eigenvalue weighted by Gasteiger charge is -2.36. The van der Waals surface area contributed by atoms with Crippen molar-refractivity contribution in [2.75, 3.05) is 6.54 Å². The SMILES string of the molecule is CCCC[C@@H]1NC[C@](C)(C(C)=O)NC1=O. The number of hydrogen-bond donors (Lipinski definition) is 2. The Morgan fingerprint density at radius 3 is 2.73 bits per heavy atom. The number of hydrogen-bond acceptors (Lipinski definition) is 3. The maximum Gasteiger partial charge on any atom is 0.237 e. The van der Waals surface area contributed by atoms with Gasteiger partial charge in [-0.3, -0.25) is 9.59 Å². The van der Waals surface area contributed by atoms with Crippen LogP contribution in [0.1, 0.15) is 40.0 Å². The van der Waals surface area contributed by atoms with E-state index in [-0.39, 0.29) is 17.7 Å². The predicted octanol–water partition coefficient (Wildman–Crippen LogP) is 0.612. The molecule has 4 nitrogen and oxygen atoms in total. The molecular formula is C11H20N2O2. The minimum atomic E-state index is -0.722. The van der Waals surface area contributed by atoms with Gasteiger partial charge in [-0.15, -0.1) is 0 Å². The number of amides is 1. The van der Waals surface area contributed by atoms with E-state index in [9.17, 15) is 9.59 Å². The van der Waals surface area contributed by atoms with Gasteiger partial charge in [0.25, 0.3) is 0 Å². The van der Waals surface area contributed by atoms with Gasteiger partial charge in [0.05, 0.1) is 6.04 Å². The molecule has 1 aliphatic heterocycles. The van der Waals surface area contributed by atoms with Crippen molar-refractivity contribution in [3.63, 3.8) is 0 Å². The summed E-state index contributed by atoms with van der Waals surface area (Å²) in [4.78, 5) is 23.0. The number of Topliss-reactive ketones (excluding diaryl/α,β-unsaturated/α-hetero) is 1. The van der Waals surface area contributed by atoms with Gasteiger partial charge in [0.15, 0.2) is 5.78 Å². The first kappa shape index (κ1) is 12.2. The number of ketones is 1. The second-order valence-corrected chi connectivity index (χ2v) is 4.45. The van der Waals surface area contributed by atoms with Gasteiger partial charge >= 0.3 is 0 Å². The van der Waals surface area contributed by atoms with Crippen LogP contribution in [-0.2, 0) is 9.59 Å². The molecule has 0 radical (unpaired) electrons. The molecule has 1 fully saturated rings. The summed E-state index contributed by atoms with van der Waals surface area (Å²) in [5, 5.41) is 5.94. The van der Waals surface area contributed by atoms with E-state index >= 15 is 0 Å². The molecule has 0 spiro atoms.